The Balaban J connectivity index is 1.24. The van der Waals surface area contributed by atoms with E-state index in [1.807, 2.05) is 0 Å². The van der Waals surface area contributed by atoms with Crippen LogP contribution in [0.5, 0.6) is 11.5 Å². The average molecular weight is 506 g/mol. The zero-order chi connectivity index (χ0) is 24.4. The van der Waals surface area contributed by atoms with E-state index in [0.717, 1.165) is 12.8 Å². The van der Waals surface area contributed by atoms with E-state index in [0.29, 0.717) is 33.1 Å². The molecule has 6 rings (SSSR count). The van der Waals surface area contributed by atoms with Crippen molar-refractivity contribution in [2.75, 3.05) is 4.90 Å². The zero-order valence-corrected chi connectivity index (χ0v) is 21.0. The van der Waals surface area contributed by atoms with Crippen LogP contribution in [0.2, 0.25) is 10.0 Å². The predicted molar refractivity (Wildman–Crippen MR) is 137 cm³/mol. The smallest absolute Gasteiger partial charge is 0.237 e. The monoisotopic (exact) mass is 505 g/mol. The Bertz CT molecular complexity index is 1350. The molecule has 2 amide bonds. The molecule has 3 aromatic carbocycles. The molecule has 1 heterocycles. The molecule has 3 aliphatic rings. The van der Waals surface area contributed by atoms with Crippen molar-refractivity contribution >= 4 is 40.7 Å². The van der Waals surface area contributed by atoms with Crippen molar-refractivity contribution in [1.29, 1.82) is 0 Å². The first kappa shape index (κ1) is 22.6. The average Bonchev–Trinajstić information content (AvgIpc) is 3.49. The standard InChI is InChI=1S/C29H25Cl2NO3/c1-15-3-4-16(2)21(11-15)22-12-17-13-23(22)27-26(17)28(33)32(29(27)34)19-6-8-20(9-7-19)35-25-10-5-18(30)14-24(25)31/h3-11,14,17,22-23,26-27H,12-13H2,1-2H3/t17-,22-,23+,26-,27+/m0/s1. The molecule has 2 aliphatic carbocycles. The fourth-order valence-corrected chi connectivity index (χ4v) is 7.03. The molecule has 0 unspecified atom stereocenters. The van der Waals surface area contributed by atoms with Gasteiger partial charge in [0.15, 0.2) is 0 Å². The molecule has 178 valence electrons. The second-order valence-electron chi connectivity index (χ2n) is 10.1. The summed E-state index contributed by atoms with van der Waals surface area (Å²) in [4.78, 5) is 28.5. The summed E-state index contributed by atoms with van der Waals surface area (Å²) < 4.78 is 5.86. The van der Waals surface area contributed by atoms with Gasteiger partial charge in [0.25, 0.3) is 0 Å². The molecular weight excluding hydrogens is 481 g/mol. The number of fused-ring (bicyclic) bond motifs is 5. The van der Waals surface area contributed by atoms with Crippen LogP contribution in [0.3, 0.4) is 0 Å². The van der Waals surface area contributed by atoms with E-state index in [-0.39, 0.29) is 35.5 Å². The highest BCUT2D eigenvalue weighted by Crippen LogP contribution is 2.62. The Morgan fingerprint density at radius 1 is 0.857 bits per heavy atom. The third-order valence-corrected chi connectivity index (χ3v) is 8.60. The first-order valence-corrected chi connectivity index (χ1v) is 12.8. The largest absolute Gasteiger partial charge is 0.456 e. The molecule has 0 radical (unpaired) electrons. The molecule has 1 saturated heterocycles. The van der Waals surface area contributed by atoms with Crippen molar-refractivity contribution < 1.29 is 14.3 Å². The first-order chi connectivity index (χ1) is 16.8. The number of hydrogen-bond donors (Lipinski definition) is 0. The van der Waals surface area contributed by atoms with Gasteiger partial charge in [0.1, 0.15) is 11.5 Å². The number of halogens is 2. The third-order valence-electron chi connectivity index (χ3n) is 8.07. The maximum atomic E-state index is 13.6. The topological polar surface area (TPSA) is 46.6 Å². The SMILES string of the molecule is Cc1ccc(C)c([C@@H]2C[C@H]3C[C@H]2[C@H]2C(=O)N(c4ccc(Oc5ccc(Cl)cc5Cl)cc4)C(=O)[C@@H]32)c1. The van der Waals surface area contributed by atoms with Crippen LogP contribution in [-0.4, -0.2) is 11.8 Å². The number of benzene rings is 3. The molecule has 6 heteroatoms. The Kier molecular flexibility index (Phi) is 5.43. The van der Waals surface area contributed by atoms with Crippen LogP contribution < -0.4 is 9.64 Å². The molecule has 0 N–H and O–H groups in total. The molecule has 4 nitrogen and oxygen atoms in total. The highest BCUT2D eigenvalue weighted by atomic mass is 35.5. The van der Waals surface area contributed by atoms with Gasteiger partial charge in [-0.2, -0.15) is 0 Å². The summed E-state index contributed by atoms with van der Waals surface area (Å²) in [6.45, 7) is 4.26. The lowest BCUT2D eigenvalue weighted by Gasteiger charge is -2.30. The summed E-state index contributed by atoms with van der Waals surface area (Å²) in [5.41, 5.74) is 4.45. The van der Waals surface area contributed by atoms with Gasteiger partial charge in [0, 0.05) is 5.02 Å². The van der Waals surface area contributed by atoms with Gasteiger partial charge in [-0.3, -0.25) is 14.5 Å². The molecule has 2 bridgehead atoms. The molecule has 3 fully saturated rings. The van der Waals surface area contributed by atoms with Crippen molar-refractivity contribution in [3.63, 3.8) is 0 Å². The number of carbonyl (C=O) groups excluding carboxylic acids is 2. The third kappa shape index (κ3) is 3.66. The minimum absolute atomic E-state index is 0.0543. The Morgan fingerprint density at radius 2 is 1.60 bits per heavy atom. The summed E-state index contributed by atoms with van der Waals surface area (Å²) in [6.07, 6.45) is 1.95. The molecule has 35 heavy (non-hydrogen) atoms. The van der Waals surface area contributed by atoms with Crippen LogP contribution >= 0.6 is 23.2 Å². The van der Waals surface area contributed by atoms with Gasteiger partial charge in [0.2, 0.25) is 11.8 Å². The fourth-order valence-electron chi connectivity index (χ4n) is 6.58. The van der Waals surface area contributed by atoms with E-state index < -0.39 is 0 Å². The molecule has 0 aromatic heterocycles. The summed E-state index contributed by atoms with van der Waals surface area (Å²) in [5, 5.41) is 0.941. The van der Waals surface area contributed by atoms with Crippen LogP contribution in [0, 0.1) is 37.5 Å². The highest BCUT2D eigenvalue weighted by Gasteiger charge is 2.64. The number of amides is 2. The van der Waals surface area contributed by atoms with Crippen LogP contribution in [0.4, 0.5) is 5.69 Å². The van der Waals surface area contributed by atoms with E-state index in [9.17, 15) is 9.59 Å². The number of hydrogen-bond acceptors (Lipinski definition) is 3. The van der Waals surface area contributed by atoms with Gasteiger partial charge in [-0.15, -0.1) is 0 Å². The van der Waals surface area contributed by atoms with Gasteiger partial charge >= 0.3 is 0 Å². The molecule has 2 saturated carbocycles. The lowest BCUT2D eigenvalue weighted by atomic mass is 9.72. The van der Waals surface area contributed by atoms with Crippen molar-refractivity contribution in [2.45, 2.75) is 32.6 Å². The van der Waals surface area contributed by atoms with Gasteiger partial charge < -0.3 is 4.74 Å². The molecule has 5 atom stereocenters. The lowest BCUT2D eigenvalue weighted by molar-refractivity contribution is -0.123. The summed E-state index contributed by atoms with van der Waals surface area (Å²) >= 11 is 12.2. The summed E-state index contributed by atoms with van der Waals surface area (Å²) in [5.74, 6) is 1.35. The maximum absolute atomic E-state index is 13.6. The molecule has 1 aliphatic heterocycles. The van der Waals surface area contributed by atoms with E-state index in [1.54, 1.807) is 42.5 Å². The van der Waals surface area contributed by atoms with Crippen molar-refractivity contribution in [3.8, 4) is 11.5 Å². The second kappa shape index (κ2) is 8.39. The van der Waals surface area contributed by atoms with Crippen molar-refractivity contribution in [3.05, 3.63) is 87.4 Å². The minimum Gasteiger partial charge on any atom is -0.456 e. The Morgan fingerprint density at radius 3 is 2.34 bits per heavy atom. The van der Waals surface area contributed by atoms with E-state index >= 15 is 0 Å². The number of imide groups is 1. The van der Waals surface area contributed by atoms with Crippen LogP contribution in [-0.2, 0) is 9.59 Å². The predicted octanol–water partition coefficient (Wildman–Crippen LogP) is 7.33. The number of ether oxygens (including phenoxy) is 1. The minimum atomic E-state index is -0.227. The summed E-state index contributed by atoms with van der Waals surface area (Å²) in [7, 11) is 0. The highest BCUT2D eigenvalue weighted by molar-refractivity contribution is 6.35. The summed E-state index contributed by atoms with van der Waals surface area (Å²) in [6, 6.07) is 18.6. The number of carbonyl (C=O) groups is 2. The van der Waals surface area contributed by atoms with E-state index in [4.69, 9.17) is 27.9 Å². The second-order valence-corrected chi connectivity index (χ2v) is 10.9. The molecule has 0 spiro atoms. The number of rotatable bonds is 4. The quantitative estimate of drug-likeness (QED) is 0.348. The van der Waals surface area contributed by atoms with Crippen LogP contribution in [0.25, 0.3) is 0 Å². The van der Waals surface area contributed by atoms with Crippen molar-refractivity contribution in [1.82, 2.24) is 0 Å². The number of anilines is 1. The molecular formula is C29H25Cl2NO3. The van der Waals surface area contributed by atoms with E-state index in [1.165, 1.54) is 21.6 Å². The molecule has 3 aromatic rings. The lowest BCUT2D eigenvalue weighted by Crippen LogP contribution is -2.32. The normalized spacial score (nSPS) is 27.0. The zero-order valence-electron chi connectivity index (χ0n) is 19.5. The van der Waals surface area contributed by atoms with Gasteiger partial charge in [0.05, 0.1) is 22.5 Å². The van der Waals surface area contributed by atoms with Gasteiger partial charge in [-0.05, 0) is 98.0 Å². The number of aryl methyl sites for hydroxylation is 2. The van der Waals surface area contributed by atoms with Crippen LogP contribution in [0.1, 0.15) is 35.4 Å². The Labute approximate surface area is 214 Å². The fraction of sp³-hybridized carbons (Fsp3) is 0.310. The Hall–Kier alpha value is -2.82. The van der Waals surface area contributed by atoms with Gasteiger partial charge in [-0.25, -0.2) is 0 Å². The maximum Gasteiger partial charge on any atom is 0.237 e. The number of nitrogens with zero attached hydrogens (tertiary/aromatic N) is 1. The van der Waals surface area contributed by atoms with Crippen molar-refractivity contribution in [2.24, 2.45) is 23.7 Å². The van der Waals surface area contributed by atoms with Crippen LogP contribution in [0.15, 0.2) is 60.7 Å². The first-order valence-electron chi connectivity index (χ1n) is 12.0. The van der Waals surface area contributed by atoms with Gasteiger partial charge in [-0.1, -0.05) is 47.0 Å². The van der Waals surface area contributed by atoms with E-state index in [2.05, 4.69) is 32.0 Å².